The minimum absolute atomic E-state index is 0.0339. The van der Waals surface area contributed by atoms with E-state index in [2.05, 4.69) is 4.98 Å². The lowest BCUT2D eigenvalue weighted by Gasteiger charge is -2.00. The minimum Gasteiger partial charge on any atom is -0.351 e. The maximum atomic E-state index is 14.0. The van der Waals surface area contributed by atoms with E-state index in [1.807, 2.05) is 31.2 Å². The molecule has 0 saturated heterocycles. The van der Waals surface area contributed by atoms with Crippen LogP contribution in [-0.4, -0.2) is 11.3 Å². The third-order valence-corrected chi connectivity index (χ3v) is 3.65. The first kappa shape index (κ1) is 12.9. The normalized spacial score (nSPS) is 10.9. The topological polar surface area (TPSA) is 32.9 Å². The molecule has 1 N–H and O–H groups in total. The van der Waals surface area contributed by atoms with Gasteiger partial charge >= 0.3 is 0 Å². The fraction of sp³-hybridized carbons (Fsp3) is 0.0625. The molecule has 0 aliphatic carbocycles. The molecule has 0 unspecified atom stereocenters. The summed E-state index contributed by atoms with van der Waals surface area (Å²) in [4.78, 5) is 14.3. The summed E-state index contributed by atoms with van der Waals surface area (Å²) < 4.78 is 14.0. The molecule has 0 aliphatic heterocycles. The van der Waals surface area contributed by atoms with Crippen molar-refractivity contribution in [3.8, 4) is 11.3 Å². The predicted molar refractivity (Wildman–Crippen MR) is 78.8 cm³/mol. The van der Waals surface area contributed by atoms with Gasteiger partial charge in [-0.05, 0) is 18.6 Å². The van der Waals surface area contributed by atoms with Gasteiger partial charge in [-0.15, -0.1) is 0 Å². The summed E-state index contributed by atoms with van der Waals surface area (Å²) in [5.74, 6) is -0.536. The number of halogens is 2. The number of hydrogen-bond donors (Lipinski definition) is 1. The highest BCUT2D eigenvalue weighted by Gasteiger charge is 2.16. The highest BCUT2D eigenvalue weighted by Crippen LogP contribution is 2.32. The van der Waals surface area contributed by atoms with Gasteiger partial charge in [-0.2, -0.15) is 0 Å². The van der Waals surface area contributed by atoms with Gasteiger partial charge in [0.15, 0.2) is 12.1 Å². The molecule has 3 rings (SSSR count). The van der Waals surface area contributed by atoms with Gasteiger partial charge in [0, 0.05) is 10.9 Å². The maximum absolute atomic E-state index is 14.0. The molecule has 1 heterocycles. The van der Waals surface area contributed by atoms with Crippen LogP contribution in [0.1, 0.15) is 15.9 Å². The third-order valence-electron chi connectivity index (χ3n) is 3.36. The number of rotatable bonds is 2. The summed E-state index contributed by atoms with van der Waals surface area (Å²) in [7, 11) is 0. The smallest absolute Gasteiger partial charge is 0.165 e. The molecule has 0 amide bonds. The van der Waals surface area contributed by atoms with Crippen LogP contribution in [0.4, 0.5) is 4.39 Å². The van der Waals surface area contributed by atoms with Gasteiger partial charge in [0.2, 0.25) is 0 Å². The number of benzene rings is 2. The Morgan fingerprint density at radius 3 is 2.50 bits per heavy atom. The van der Waals surface area contributed by atoms with Crippen molar-refractivity contribution >= 4 is 28.8 Å². The molecule has 2 aromatic carbocycles. The molecule has 0 atom stereocenters. The van der Waals surface area contributed by atoms with Crippen LogP contribution < -0.4 is 0 Å². The highest BCUT2D eigenvalue weighted by atomic mass is 35.5. The van der Waals surface area contributed by atoms with Crippen molar-refractivity contribution in [1.82, 2.24) is 4.98 Å². The SMILES string of the molecule is Cc1ccc(-c2[nH]c3c(F)c(Cl)ccc3c2C=O)cc1. The fourth-order valence-electron chi connectivity index (χ4n) is 2.29. The van der Waals surface area contributed by atoms with Gasteiger partial charge in [0.05, 0.1) is 16.2 Å². The van der Waals surface area contributed by atoms with Crippen LogP contribution in [0.25, 0.3) is 22.2 Å². The molecule has 0 fully saturated rings. The van der Waals surface area contributed by atoms with Crippen LogP contribution in [-0.2, 0) is 0 Å². The summed E-state index contributed by atoms with van der Waals surface area (Å²) in [6, 6.07) is 10.8. The molecule has 20 heavy (non-hydrogen) atoms. The summed E-state index contributed by atoms with van der Waals surface area (Å²) in [5, 5.41) is 0.573. The molecule has 4 heteroatoms. The van der Waals surface area contributed by atoms with E-state index < -0.39 is 5.82 Å². The quantitative estimate of drug-likeness (QED) is 0.678. The van der Waals surface area contributed by atoms with E-state index in [0.29, 0.717) is 16.6 Å². The van der Waals surface area contributed by atoms with Crippen LogP contribution in [0, 0.1) is 12.7 Å². The molecule has 0 spiro atoms. The van der Waals surface area contributed by atoms with E-state index in [0.717, 1.165) is 17.4 Å². The van der Waals surface area contributed by atoms with E-state index in [1.54, 1.807) is 6.07 Å². The summed E-state index contributed by atoms with van der Waals surface area (Å²) >= 11 is 5.78. The fourth-order valence-corrected chi connectivity index (χ4v) is 2.45. The van der Waals surface area contributed by atoms with Gasteiger partial charge in [0.1, 0.15) is 0 Å². The van der Waals surface area contributed by atoms with Crippen molar-refractivity contribution in [2.24, 2.45) is 0 Å². The zero-order chi connectivity index (χ0) is 14.3. The Kier molecular flexibility index (Phi) is 3.07. The molecule has 2 nitrogen and oxygen atoms in total. The first-order chi connectivity index (χ1) is 9.61. The van der Waals surface area contributed by atoms with Crippen molar-refractivity contribution in [3.63, 3.8) is 0 Å². The number of hydrogen-bond acceptors (Lipinski definition) is 1. The van der Waals surface area contributed by atoms with Crippen molar-refractivity contribution in [2.45, 2.75) is 6.92 Å². The zero-order valence-corrected chi connectivity index (χ0v) is 11.5. The van der Waals surface area contributed by atoms with Crippen molar-refractivity contribution < 1.29 is 9.18 Å². The first-order valence-corrected chi connectivity index (χ1v) is 6.51. The number of carbonyl (C=O) groups is 1. The lowest BCUT2D eigenvalue weighted by Crippen LogP contribution is -1.84. The molecule has 100 valence electrons. The highest BCUT2D eigenvalue weighted by molar-refractivity contribution is 6.31. The molecular formula is C16H11ClFNO. The van der Waals surface area contributed by atoms with Crippen LogP contribution in [0.15, 0.2) is 36.4 Å². The molecule has 0 aliphatic rings. The van der Waals surface area contributed by atoms with Gasteiger partial charge in [0.25, 0.3) is 0 Å². The number of fused-ring (bicyclic) bond motifs is 1. The van der Waals surface area contributed by atoms with E-state index in [-0.39, 0.29) is 10.5 Å². The number of carbonyl (C=O) groups excluding carboxylic acids is 1. The maximum Gasteiger partial charge on any atom is 0.165 e. The Bertz CT molecular complexity index is 805. The van der Waals surface area contributed by atoms with Crippen molar-refractivity contribution in [1.29, 1.82) is 0 Å². The number of aryl methyl sites for hydroxylation is 1. The Balaban J connectivity index is 2.33. The predicted octanol–water partition coefficient (Wildman–Crippen LogP) is 4.75. The molecule has 1 aromatic heterocycles. The van der Waals surface area contributed by atoms with Gasteiger partial charge in [-0.25, -0.2) is 4.39 Å². The molecule has 0 saturated carbocycles. The summed E-state index contributed by atoms with van der Waals surface area (Å²) in [6.07, 6.45) is 0.737. The number of aromatic nitrogens is 1. The lowest BCUT2D eigenvalue weighted by atomic mass is 10.0. The Hall–Kier alpha value is -2.13. The van der Waals surface area contributed by atoms with Gasteiger partial charge in [-0.3, -0.25) is 4.79 Å². The van der Waals surface area contributed by atoms with Gasteiger partial charge < -0.3 is 4.98 Å². The molecule has 3 aromatic rings. The van der Waals surface area contributed by atoms with E-state index in [9.17, 15) is 9.18 Å². The largest absolute Gasteiger partial charge is 0.351 e. The molecule has 0 radical (unpaired) electrons. The average Bonchev–Trinajstić information content (AvgIpc) is 2.83. The molecular weight excluding hydrogens is 277 g/mol. The van der Waals surface area contributed by atoms with Crippen molar-refractivity contribution in [2.75, 3.05) is 0 Å². The lowest BCUT2D eigenvalue weighted by molar-refractivity contribution is 0.112. The second-order valence-electron chi connectivity index (χ2n) is 4.68. The van der Waals surface area contributed by atoms with Crippen LogP contribution in [0.2, 0.25) is 5.02 Å². The average molecular weight is 288 g/mol. The summed E-state index contributed by atoms with van der Waals surface area (Å²) in [6.45, 7) is 1.98. The standard InChI is InChI=1S/C16H11ClFNO/c1-9-2-4-10(5-3-9)15-12(8-20)11-6-7-13(17)14(18)16(11)19-15/h2-8,19H,1H3. The van der Waals surface area contributed by atoms with Crippen LogP contribution >= 0.6 is 11.6 Å². The van der Waals surface area contributed by atoms with E-state index in [4.69, 9.17) is 11.6 Å². The van der Waals surface area contributed by atoms with Gasteiger partial charge in [-0.1, -0.05) is 47.5 Å². The number of aldehydes is 1. The minimum atomic E-state index is -0.536. The monoisotopic (exact) mass is 287 g/mol. The van der Waals surface area contributed by atoms with Crippen LogP contribution in [0.5, 0.6) is 0 Å². The number of H-pyrrole nitrogens is 1. The van der Waals surface area contributed by atoms with E-state index >= 15 is 0 Å². The Morgan fingerprint density at radius 1 is 1.15 bits per heavy atom. The first-order valence-electron chi connectivity index (χ1n) is 6.13. The van der Waals surface area contributed by atoms with Crippen molar-refractivity contribution in [3.05, 3.63) is 58.4 Å². The second kappa shape index (κ2) is 4.76. The Labute approximate surface area is 120 Å². The van der Waals surface area contributed by atoms with Crippen LogP contribution in [0.3, 0.4) is 0 Å². The molecule has 0 bridgehead atoms. The zero-order valence-electron chi connectivity index (χ0n) is 10.7. The second-order valence-corrected chi connectivity index (χ2v) is 5.09. The van der Waals surface area contributed by atoms with E-state index in [1.165, 1.54) is 6.07 Å². The number of aromatic amines is 1. The number of nitrogens with one attached hydrogen (secondary N) is 1. The summed E-state index contributed by atoms with van der Waals surface area (Å²) in [5.41, 5.74) is 3.27. The Morgan fingerprint density at radius 2 is 1.85 bits per heavy atom. The third kappa shape index (κ3) is 1.91.